The molecule has 1 saturated carbocycles. The fourth-order valence-electron chi connectivity index (χ4n) is 4.17. The summed E-state index contributed by atoms with van der Waals surface area (Å²) in [5, 5.41) is 6.29. The van der Waals surface area contributed by atoms with Crippen molar-refractivity contribution >= 4 is 23.7 Å². The highest BCUT2D eigenvalue weighted by Crippen LogP contribution is 2.44. The fraction of sp³-hybridized carbons (Fsp3) is 0.292. The van der Waals surface area contributed by atoms with Gasteiger partial charge in [0.25, 0.3) is 5.91 Å². The molecule has 2 atom stereocenters. The maximum atomic E-state index is 12.9. The van der Waals surface area contributed by atoms with E-state index in [-0.39, 0.29) is 24.5 Å². The first-order valence-electron chi connectivity index (χ1n) is 9.98. The number of esters is 1. The van der Waals surface area contributed by atoms with Gasteiger partial charge >= 0.3 is 5.97 Å². The van der Waals surface area contributed by atoms with E-state index in [1.807, 2.05) is 48.5 Å². The number of allylic oxidation sites excluding steroid dienone is 1. The second-order valence-electron chi connectivity index (χ2n) is 7.44. The highest BCUT2D eigenvalue weighted by atomic mass is 16.5. The van der Waals surface area contributed by atoms with Crippen LogP contribution in [-0.2, 0) is 14.3 Å². The van der Waals surface area contributed by atoms with Crippen molar-refractivity contribution in [3.63, 3.8) is 0 Å². The van der Waals surface area contributed by atoms with Crippen LogP contribution in [0.5, 0.6) is 0 Å². The third-order valence-corrected chi connectivity index (χ3v) is 5.44. The van der Waals surface area contributed by atoms with Gasteiger partial charge in [-0.15, -0.1) is 0 Å². The minimum absolute atomic E-state index is 0.141. The number of nitrogens with zero attached hydrogens (tertiary/aromatic N) is 2. The monoisotopic (exact) mass is 388 g/mol. The predicted molar refractivity (Wildman–Crippen MR) is 112 cm³/mol. The average Bonchev–Trinajstić information content (AvgIpc) is 3.14. The number of hydrogen-bond acceptors (Lipinski definition) is 4. The topological polar surface area (TPSA) is 59.0 Å². The van der Waals surface area contributed by atoms with Gasteiger partial charge in [-0.05, 0) is 42.0 Å². The van der Waals surface area contributed by atoms with Crippen LogP contribution < -0.4 is 0 Å². The lowest BCUT2D eigenvalue weighted by Crippen LogP contribution is -2.34. The van der Waals surface area contributed by atoms with E-state index < -0.39 is 5.97 Å². The van der Waals surface area contributed by atoms with Gasteiger partial charge < -0.3 is 4.74 Å². The second-order valence-corrected chi connectivity index (χ2v) is 7.44. The van der Waals surface area contributed by atoms with Crippen LogP contribution in [0, 0.1) is 5.92 Å². The summed E-state index contributed by atoms with van der Waals surface area (Å²) in [6.07, 6.45) is 5.14. The Morgan fingerprint density at radius 1 is 1.10 bits per heavy atom. The lowest BCUT2D eigenvalue weighted by atomic mass is 9.77. The smallest absolute Gasteiger partial charge is 0.303 e. The molecule has 0 radical (unpaired) electrons. The fourth-order valence-corrected chi connectivity index (χ4v) is 4.17. The van der Waals surface area contributed by atoms with Crippen molar-refractivity contribution < 1.29 is 14.3 Å². The normalized spacial score (nSPS) is 22.2. The molecule has 1 heterocycles. The third-order valence-electron chi connectivity index (χ3n) is 5.44. The highest BCUT2D eigenvalue weighted by molar-refractivity contribution is 6.08. The number of amides is 1. The Bertz CT molecular complexity index is 951. The first-order valence-corrected chi connectivity index (χ1v) is 9.98. The van der Waals surface area contributed by atoms with Gasteiger partial charge in [0.15, 0.2) is 6.61 Å². The molecule has 1 aliphatic carbocycles. The molecule has 4 rings (SSSR count). The summed E-state index contributed by atoms with van der Waals surface area (Å²) >= 11 is 0. The minimum Gasteiger partial charge on any atom is -0.456 e. The summed E-state index contributed by atoms with van der Waals surface area (Å²) in [7, 11) is 0. The Kier molecular flexibility index (Phi) is 5.56. The SMILES string of the molecule is CC(=O)OCC(=O)N1N=C2/C(=C\c3ccccc3)CCCC2C1c1ccccc1. The van der Waals surface area contributed by atoms with Gasteiger partial charge in [-0.25, -0.2) is 5.01 Å². The Morgan fingerprint density at radius 2 is 1.79 bits per heavy atom. The molecular weight excluding hydrogens is 364 g/mol. The molecule has 0 aromatic heterocycles. The number of hydrazone groups is 1. The molecule has 2 aromatic carbocycles. The van der Waals surface area contributed by atoms with E-state index in [1.165, 1.54) is 17.5 Å². The largest absolute Gasteiger partial charge is 0.456 e. The van der Waals surface area contributed by atoms with E-state index in [0.29, 0.717) is 0 Å². The molecule has 5 heteroatoms. The quantitative estimate of drug-likeness (QED) is 0.731. The van der Waals surface area contributed by atoms with Crippen molar-refractivity contribution in [2.45, 2.75) is 32.2 Å². The van der Waals surface area contributed by atoms with E-state index >= 15 is 0 Å². The van der Waals surface area contributed by atoms with Gasteiger partial charge in [0.05, 0.1) is 11.8 Å². The van der Waals surface area contributed by atoms with E-state index in [2.05, 4.69) is 18.2 Å². The standard InChI is InChI=1S/C24H24N2O3/c1-17(27)29-16-22(28)26-24(19-11-6-3-7-12-19)21-14-8-13-20(23(21)25-26)15-18-9-4-2-5-10-18/h2-7,9-12,15,21,24H,8,13-14,16H2,1H3/b20-15-. The summed E-state index contributed by atoms with van der Waals surface area (Å²) in [5.41, 5.74) is 4.33. The number of carbonyl (C=O) groups excluding carboxylic acids is 2. The molecule has 5 nitrogen and oxygen atoms in total. The van der Waals surface area contributed by atoms with Gasteiger partial charge in [0.1, 0.15) is 0 Å². The van der Waals surface area contributed by atoms with Gasteiger partial charge in [0, 0.05) is 12.8 Å². The van der Waals surface area contributed by atoms with Crippen LogP contribution >= 0.6 is 0 Å². The number of rotatable bonds is 4. The molecule has 29 heavy (non-hydrogen) atoms. The second kappa shape index (κ2) is 8.43. The van der Waals surface area contributed by atoms with Crippen LogP contribution in [-0.4, -0.2) is 29.2 Å². The van der Waals surface area contributed by atoms with E-state index in [0.717, 1.165) is 36.1 Å². The van der Waals surface area contributed by atoms with Gasteiger partial charge in [-0.2, -0.15) is 5.10 Å². The van der Waals surface area contributed by atoms with E-state index in [4.69, 9.17) is 9.84 Å². The molecule has 1 aliphatic heterocycles. The zero-order chi connectivity index (χ0) is 20.2. The first-order chi connectivity index (χ1) is 14.1. The summed E-state index contributed by atoms with van der Waals surface area (Å²) in [5.74, 6) is -0.624. The first kappa shape index (κ1) is 19.1. The molecule has 0 N–H and O–H groups in total. The number of ether oxygens (including phenoxy) is 1. The van der Waals surface area contributed by atoms with Crippen LogP contribution in [0.15, 0.2) is 71.3 Å². The molecule has 0 bridgehead atoms. The van der Waals surface area contributed by atoms with E-state index in [1.54, 1.807) is 0 Å². The van der Waals surface area contributed by atoms with Gasteiger partial charge in [-0.3, -0.25) is 9.59 Å². The van der Waals surface area contributed by atoms with Crippen molar-refractivity contribution in [1.82, 2.24) is 5.01 Å². The third kappa shape index (κ3) is 4.14. The summed E-state index contributed by atoms with van der Waals surface area (Å²) in [6, 6.07) is 20.0. The van der Waals surface area contributed by atoms with Gasteiger partial charge in [-0.1, -0.05) is 60.7 Å². The van der Waals surface area contributed by atoms with Crippen molar-refractivity contribution in [2.24, 2.45) is 11.0 Å². The summed E-state index contributed by atoms with van der Waals surface area (Å²) in [6.45, 7) is 1.01. The summed E-state index contributed by atoms with van der Waals surface area (Å²) in [4.78, 5) is 24.0. The zero-order valence-electron chi connectivity index (χ0n) is 16.5. The molecule has 148 valence electrons. The van der Waals surface area contributed by atoms with Gasteiger partial charge in [0.2, 0.25) is 0 Å². The van der Waals surface area contributed by atoms with Crippen molar-refractivity contribution in [3.05, 3.63) is 77.4 Å². The van der Waals surface area contributed by atoms with Crippen LogP contribution in [0.3, 0.4) is 0 Å². The number of hydrogen-bond donors (Lipinski definition) is 0. The number of fused-ring (bicyclic) bond motifs is 1. The Labute approximate surface area is 170 Å². The summed E-state index contributed by atoms with van der Waals surface area (Å²) < 4.78 is 4.96. The average molecular weight is 388 g/mol. The Balaban J connectivity index is 1.70. The van der Waals surface area contributed by atoms with Crippen LogP contribution in [0.2, 0.25) is 0 Å². The van der Waals surface area contributed by atoms with Crippen LogP contribution in [0.1, 0.15) is 43.4 Å². The Hall–Kier alpha value is -3.21. The number of benzene rings is 2. The zero-order valence-corrected chi connectivity index (χ0v) is 16.5. The molecule has 2 aromatic rings. The lowest BCUT2D eigenvalue weighted by Gasteiger charge is -2.29. The lowest BCUT2D eigenvalue weighted by molar-refractivity contribution is -0.151. The van der Waals surface area contributed by atoms with Crippen molar-refractivity contribution in [1.29, 1.82) is 0 Å². The van der Waals surface area contributed by atoms with Crippen molar-refractivity contribution in [3.8, 4) is 0 Å². The predicted octanol–water partition coefficient (Wildman–Crippen LogP) is 4.37. The Morgan fingerprint density at radius 3 is 2.48 bits per heavy atom. The molecule has 0 spiro atoms. The maximum Gasteiger partial charge on any atom is 0.303 e. The molecule has 1 fully saturated rings. The molecule has 2 unspecified atom stereocenters. The van der Waals surface area contributed by atoms with Crippen molar-refractivity contribution in [2.75, 3.05) is 6.61 Å². The molecular formula is C24H24N2O3. The number of carbonyl (C=O) groups is 2. The maximum absolute atomic E-state index is 12.9. The molecule has 0 saturated heterocycles. The highest BCUT2D eigenvalue weighted by Gasteiger charge is 2.43. The molecule has 2 aliphatic rings. The van der Waals surface area contributed by atoms with Crippen LogP contribution in [0.25, 0.3) is 6.08 Å². The minimum atomic E-state index is -0.469. The van der Waals surface area contributed by atoms with E-state index in [9.17, 15) is 9.59 Å². The van der Waals surface area contributed by atoms with Crippen LogP contribution in [0.4, 0.5) is 0 Å². The molecule has 1 amide bonds.